The predicted octanol–water partition coefficient (Wildman–Crippen LogP) is 3.35. The normalized spacial score (nSPS) is 11.0. The smallest absolute Gasteiger partial charge is 0.339 e. The van der Waals surface area contributed by atoms with Crippen molar-refractivity contribution in [3.05, 3.63) is 52.0 Å². The molecule has 0 saturated heterocycles. The Kier molecular flexibility index (Phi) is 4.87. The molecule has 116 valence electrons. The quantitative estimate of drug-likeness (QED) is 0.583. The summed E-state index contributed by atoms with van der Waals surface area (Å²) in [5, 5.41) is 0. The number of rotatable bonds is 5. The molecule has 0 atom stereocenters. The molecular weight excluding hydrogens is 372 g/mol. The Morgan fingerprint density at radius 1 is 1.09 bits per heavy atom. The van der Waals surface area contributed by atoms with E-state index in [0.717, 1.165) is 5.56 Å². The summed E-state index contributed by atoms with van der Waals surface area (Å²) in [4.78, 5) is 11.2. The fourth-order valence-corrected chi connectivity index (χ4v) is 3.14. The summed E-state index contributed by atoms with van der Waals surface area (Å²) in [5.41, 5.74) is 0.989. The second-order valence-electron chi connectivity index (χ2n) is 4.46. The third-order valence-corrected chi connectivity index (χ3v) is 4.87. The van der Waals surface area contributed by atoms with Crippen molar-refractivity contribution in [3.63, 3.8) is 0 Å². The van der Waals surface area contributed by atoms with Crippen molar-refractivity contribution in [2.45, 2.75) is 11.8 Å². The molecule has 5 nitrogen and oxygen atoms in total. The third-order valence-electron chi connectivity index (χ3n) is 2.95. The summed E-state index contributed by atoms with van der Waals surface area (Å²) >= 11 is 3.18. The van der Waals surface area contributed by atoms with E-state index >= 15 is 0 Å². The molecule has 2 aromatic rings. The van der Waals surface area contributed by atoms with Gasteiger partial charge in [0.2, 0.25) is 0 Å². The summed E-state index contributed by atoms with van der Waals surface area (Å²) in [7, 11) is -2.71. The Balaban J connectivity index is 2.52. The van der Waals surface area contributed by atoms with Gasteiger partial charge in [0.15, 0.2) is 17.8 Å². The van der Waals surface area contributed by atoms with Gasteiger partial charge in [-0.3, -0.25) is 4.79 Å². The summed E-state index contributed by atoms with van der Waals surface area (Å²) < 4.78 is 35.3. The maximum atomic E-state index is 12.4. The molecule has 0 unspecified atom stereocenters. The van der Waals surface area contributed by atoms with Gasteiger partial charge in [-0.1, -0.05) is 17.7 Å². The summed E-state index contributed by atoms with van der Waals surface area (Å²) in [5.74, 6) is 0.00781. The molecule has 7 heteroatoms. The first kappa shape index (κ1) is 16.5. The van der Waals surface area contributed by atoms with Crippen molar-refractivity contribution in [3.8, 4) is 11.5 Å². The largest absolute Gasteiger partial charge is 0.493 e. The fraction of sp³-hybridized carbons (Fsp3) is 0.133. The van der Waals surface area contributed by atoms with Crippen LogP contribution in [0.4, 0.5) is 0 Å². The fourth-order valence-electron chi connectivity index (χ4n) is 1.77. The van der Waals surface area contributed by atoms with Crippen LogP contribution in [-0.4, -0.2) is 21.8 Å². The lowest BCUT2D eigenvalue weighted by Crippen LogP contribution is -2.12. The number of halogens is 1. The number of aryl methyl sites for hydroxylation is 1. The Labute approximate surface area is 137 Å². The maximum absolute atomic E-state index is 12.4. The summed E-state index contributed by atoms with van der Waals surface area (Å²) in [6.07, 6.45) is 0.507. The van der Waals surface area contributed by atoms with Gasteiger partial charge >= 0.3 is 10.1 Å². The SMILES string of the molecule is COc1ccc(Br)c(C=O)c1OS(=O)(=O)c1ccc(C)cc1. The van der Waals surface area contributed by atoms with Crippen LogP contribution in [0, 0.1) is 6.92 Å². The van der Waals surface area contributed by atoms with Gasteiger partial charge in [-0.2, -0.15) is 8.42 Å². The second-order valence-corrected chi connectivity index (χ2v) is 6.86. The van der Waals surface area contributed by atoms with Crippen molar-refractivity contribution in [1.29, 1.82) is 0 Å². The lowest BCUT2D eigenvalue weighted by atomic mass is 10.2. The Morgan fingerprint density at radius 2 is 1.73 bits per heavy atom. The van der Waals surface area contributed by atoms with E-state index < -0.39 is 10.1 Å². The molecule has 0 heterocycles. The summed E-state index contributed by atoms with van der Waals surface area (Å²) in [6, 6.07) is 9.29. The van der Waals surface area contributed by atoms with E-state index in [2.05, 4.69) is 15.9 Å². The van der Waals surface area contributed by atoms with Crippen molar-refractivity contribution < 1.29 is 22.1 Å². The molecule has 22 heavy (non-hydrogen) atoms. The molecule has 0 radical (unpaired) electrons. The van der Waals surface area contributed by atoms with Gasteiger partial charge < -0.3 is 8.92 Å². The highest BCUT2D eigenvalue weighted by Gasteiger charge is 2.23. The number of ether oxygens (including phenoxy) is 1. The molecule has 0 bridgehead atoms. The third kappa shape index (κ3) is 3.31. The molecule has 0 fully saturated rings. The highest BCUT2D eigenvalue weighted by atomic mass is 79.9. The molecule has 0 aliphatic rings. The zero-order chi connectivity index (χ0) is 16.3. The van der Waals surface area contributed by atoms with Crippen molar-refractivity contribution in [2.24, 2.45) is 0 Å². The van der Waals surface area contributed by atoms with Crippen LogP contribution in [0.2, 0.25) is 0 Å². The molecule has 0 spiro atoms. The lowest BCUT2D eigenvalue weighted by Gasteiger charge is -2.13. The first-order chi connectivity index (χ1) is 10.4. The van der Waals surface area contributed by atoms with Crippen LogP contribution < -0.4 is 8.92 Å². The minimum atomic E-state index is -4.07. The highest BCUT2D eigenvalue weighted by molar-refractivity contribution is 9.10. The monoisotopic (exact) mass is 384 g/mol. The van der Waals surface area contributed by atoms with Crippen LogP contribution in [0.15, 0.2) is 45.8 Å². The molecule has 0 N–H and O–H groups in total. The van der Waals surface area contributed by atoms with Gasteiger partial charge in [-0.05, 0) is 47.1 Å². The van der Waals surface area contributed by atoms with Crippen molar-refractivity contribution in [2.75, 3.05) is 7.11 Å². The standard InChI is InChI=1S/C15H13BrO5S/c1-10-3-5-11(6-4-10)22(18,19)21-15-12(9-17)13(16)7-8-14(15)20-2/h3-9H,1-2H3. The van der Waals surface area contributed by atoms with E-state index in [-0.39, 0.29) is 22.0 Å². The Hall–Kier alpha value is -1.86. The summed E-state index contributed by atoms with van der Waals surface area (Å²) in [6.45, 7) is 1.85. The molecule has 2 aromatic carbocycles. The van der Waals surface area contributed by atoms with Crippen LogP contribution >= 0.6 is 15.9 Å². The zero-order valence-electron chi connectivity index (χ0n) is 11.9. The molecule has 0 aliphatic heterocycles. The molecule has 0 saturated carbocycles. The number of hydrogen-bond donors (Lipinski definition) is 0. The van der Waals surface area contributed by atoms with Gasteiger partial charge in [-0.15, -0.1) is 0 Å². The molecular formula is C15H13BrO5S. The van der Waals surface area contributed by atoms with Crippen molar-refractivity contribution >= 4 is 32.3 Å². The Morgan fingerprint density at radius 3 is 2.27 bits per heavy atom. The van der Waals surface area contributed by atoms with E-state index in [1.165, 1.54) is 25.3 Å². The average Bonchev–Trinajstić information content (AvgIpc) is 2.48. The van der Waals surface area contributed by atoms with Gasteiger partial charge in [0.1, 0.15) is 4.90 Å². The van der Waals surface area contributed by atoms with E-state index in [1.54, 1.807) is 18.2 Å². The first-order valence-electron chi connectivity index (χ1n) is 6.22. The number of benzene rings is 2. The van der Waals surface area contributed by atoms with Gasteiger partial charge in [0.05, 0.1) is 12.7 Å². The van der Waals surface area contributed by atoms with Crippen LogP contribution in [0.3, 0.4) is 0 Å². The first-order valence-corrected chi connectivity index (χ1v) is 8.42. The number of carbonyl (C=O) groups is 1. The topological polar surface area (TPSA) is 69.7 Å². The van der Waals surface area contributed by atoms with E-state index in [1.807, 2.05) is 6.92 Å². The lowest BCUT2D eigenvalue weighted by molar-refractivity contribution is 0.112. The molecule has 0 amide bonds. The zero-order valence-corrected chi connectivity index (χ0v) is 14.3. The Bertz CT molecular complexity index is 797. The molecule has 2 rings (SSSR count). The van der Waals surface area contributed by atoms with Gasteiger partial charge in [0.25, 0.3) is 0 Å². The number of hydrogen-bond acceptors (Lipinski definition) is 5. The predicted molar refractivity (Wildman–Crippen MR) is 85.1 cm³/mol. The van der Waals surface area contributed by atoms with Gasteiger partial charge in [0, 0.05) is 4.47 Å². The maximum Gasteiger partial charge on any atom is 0.339 e. The van der Waals surface area contributed by atoms with E-state index in [0.29, 0.717) is 10.8 Å². The number of aldehydes is 1. The number of methoxy groups -OCH3 is 1. The minimum Gasteiger partial charge on any atom is -0.493 e. The van der Waals surface area contributed by atoms with Crippen LogP contribution in [0.5, 0.6) is 11.5 Å². The van der Waals surface area contributed by atoms with Gasteiger partial charge in [-0.25, -0.2) is 0 Å². The van der Waals surface area contributed by atoms with E-state index in [9.17, 15) is 13.2 Å². The molecule has 0 aliphatic carbocycles. The van der Waals surface area contributed by atoms with Crippen LogP contribution in [0.25, 0.3) is 0 Å². The number of carbonyl (C=O) groups excluding carboxylic acids is 1. The van der Waals surface area contributed by atoms with E-state index in [4.69, 9.17) is 8.92 Å². The highest BCUT2D eigenvalue weighted by Crippen LogP contribution is 2.36. The van der Waals surface area contributed by atoms with Crippen LogP contribution in [0.1, 0.15) is 15.9 Å². The second kappa shape index (κ2) is 6.50. The average molecular weight is 385 g/mol. The van der Waals surface area contributed by atoms with Crippen LogP contribution in [-0.2, 0) is 10.1 Å². The molecule has 0 aromatic heterocycles. The minimum absolute atomic E-state index is 0.00280. The van der Waals surface area contributed by atoms with Crippen molar-refractivity contribution in [1.82, 2.24) is 0 Å².